The first kappa shape index (κ1) is 12.6. The third kappa shape index (κ3) is 3.54. The molecule has 1 aromatic heterocycles. The van der Waals surface area contributed by atoms with Crippen molar-refractivity contribution < 1.29 is 4.42 Å². The van der Waals surface area contributed by atoms with Crippen LogP contribution >= 0.6 is 27.7 Å². The number of halogens is 1. The fourth-order valence-corrected chi connectivity index (χ4v) is 2.64. The molecule has 90 valence electrons. The number of thioether (sulfide) groups is 1. The molecule has 0 amide bonds. The van der Waals surface area contributed by atoms with Crippen molar-refractivity contribution in [3.8, 4) is 0 Å². The second-order valence-corrected chi connectivity index (χ2v) is 5.58. The first-order chi connectivity index (χ1) is 8.29. The second kappa shape index (κ2) is 6.17. The molecule has 0 bridgehead atoms. The molecule has 1 heterocycles. The third-order valence-corrected chi connectivity index (χ3v) is 3.65. The number of hydrogen-bond donors (Lipinski definition) is 1. The minimum absolute atomic E-state index is 0.701. The molecule has 0 saturated carbocycles. The van der Waals surface area contributed by atoms with Crippen molar-refractivity contribution in [2.75, 3.05) is 11.1 Å². The molecule has 0 aliphatic rings. The molecule has 4 heteroatoms. The van der Waals surface area contributed by atoms with Gasteiger partial charge in [0.1, 0.15) is 5.76 Å². The molecule has 0 unspecified atom stereocenters. The molecule has 0 aliphatic heterocycles. The highest BCUT2D eigenvalue weighted by Gasteiger charge is 2.03. The molecule has 0 atom stereocenters. The van der Waals surface area contributed by atoms with Gasteiger partial charge in [-0.25, -0.2) is 0 Å². The van der Waals surface area contributed by atoms with Crippen molar-refractivity contribution in [3.63, 3.8) is 0 Å². The fraction of sp³-hybridized carbons (Fsp3) is 0.231. The van der Waals surface area contributed by atoms with E-state index in [2.05, 4.69) is 46.4 Å². The largest absolute Gasteiger partial charge is 0.452 e. The van der Waals surface area contributed by atoms with Crippen LogP contribution in [-0.2, 0) is 6.54 Å². The second-order valence-electron chi connectivity index (χ2n) is 3.49. The summed E-state index contributed by atoms with van der Waals surface area (Å²) in [7, 11) is 0. The van der Waals surface area contributed by atoms with Gasteiger partial charge in [-0.1, -0.05) is 19.1 Å². The summed E-state index contributed by atoms with van der Waals surface area (Å²) in [6.07, 6.45) is 0. The number of furan rings is 1. The van der Waals surface area contributed by atoms with Gasteiger partial charge in [-0.2, -0.15) is 0 Å². The van der Waals surface area contributed by atoms with Gasteiger partial charge in [-0.15, -0.1) is 11.8 Å². The summed E-state index contributed by atoms with van der Waals surface area (Å²) in [6, 6.07) is 12.2. The van der Waals surface area contributed by atoms with Crippen LogP contribution in [0.15, 0.2) is 50.4 Å². The summed E-state index contributed by atoms with van der Waals surface area (Å²) in [4.78, 5) is 1.28. The lowest BCUT2D eigenvalue weighted by molar-refractivity contribution is 0.495. The highest BCUT2D eigenvalue weighted by atomic mass is 79.9. The van der Waals surface area contributed by atoms with Crippen molar-refractivity contribution in [3.05, 3.63) is 46.8 Å². The average molecular weight is 312 g/mol. The van der Waals surface area contributed by atoms with Crippen LogP contribution in [0, 0.1) is 0 Å². The van der Waals surface area contributed by atoms with E-state index in [1.165, 1.54) is 4.90 Å². The van der Waals surface area contributed by atoms with E-state index in [1.807, 2.05) is 30.0 Å². The Balaban J connectivity index is 2.03. The molecule has 2 aromatic rings. The lowest BCUT2D eigenvalue weighted by Gasteiger charge is -2.09. The maximum absolute atomic E-state index is 5.45. The smallest absolute Gasteiger partial charge is 0.169 e. The monoisotopic (exact) mass is 311 g/mol. The normalized spacial score (nSPS) is 10.5. The van der Waals surface area contributed by atoms with Gasteiger partial charge in [0.15, 0.2) is 4.67 Å². The maximum Gasteiger partial charge on any atom is 0.169 e. The molecule has 0 radical (unpaired) electrons. The Morgan fingerprint density at radius 2 is 2.06 bits per heavy atom. The number of benzene rings is 1. The highest BCUT2D eigenvalue weighted by molar-refractivity contribution is 9.10. The van der Waals surface area contributed by atoms with Gasteiger partial charge < -0.3 is 9.73 Å². The first-order valence-corrected chi connectivity index (χ1v) is 7.27. The van der Waals surface area contributed by atoms with Crippen molar-refractivity contribution >= 4 is 33.4 Å². The quantitative estimate of drug-likeness (QED) is 0.805. The van der Waals surface area contributed by atoms with E-state index < -0.39 is 0 Å². The number of nitrogens with one attached hydrogen (secondary N) is 1. The summed E-state index contributed by atoms with van der Waals surface area (Å²) >= 11 is 5.14. The van der Waals surface area contributed by atoms with E-state index in [9.17, 15) is 0 Å². The van der Waals surface area contributed by atoms with Crippen molar-refractivity contribution in [2.24, 2.45) is 0 Å². The Kier molecular flexibility index (Phi) is 4.57. The zero-order valence-corrected chi connectivity index (χ0v) is 12.0. The van der Waals surface area contributed by atoms with Gasteiger partial charge in [0.2, 0.25) is 0 Å². The molecule has 0 spiro atoms. The van der Waals surface area contributed by atoms with E-state index in [-0.39, 0.29) is 0 Å². The topological polar surface area (TPSA) is 25.2 Å². The zero-order chi connectivity index (χ0) is 12.1. The summed E-state index contributed by atoms with van der Waals surface area (Å²) < 4.78 is 6.22. The number of rotatable bonds is 5. The third-order valence-electron chi connectivity index (χ3n) is 2.27. The molecule has 17 heavy (non-hydrogen) atoms. The van der Waals surface area contributed by atoms with Crippen LogP contribution in [0.25, 0.3) is 0 Å². The fourth-order valence-electron chi connectivity index (χ4n) is 1.52. The molecule has 2 rings (SSSR count). The van der Waals surface area contributed by atoms with E-state index in [4.69, 9.17) is 4.42 Å². The minimum Gasteiger partial charge on any atom is -0.452 e. The van der Waals surface area contributed by atoms with Gasteiger partial charge in [-0.05, 0) is 45.9 Å². The minimum atomic E-state index is 0.701. The molecule has 1 aromatic carbocycles. The van der Waals surface area contributed by atoms with Crippen LogP contribution < -0.4 is 5.32 Å². The van der Waals surface area contributed by atoms with E-state index in [1.54, 1.807) is 0 Å². The summed E-state index contributed by atoms with van der Waals surface area (Å²) in [5.74, 6) is 2.00. The van der Waals surface area contributed by atoms with Crippen molar-refractivity contribution in [2.45, 2.75) is 18.4 Å². The SMILES string of the molecule is CCSc1ccccc1NCc1ccc(Br)o1. The molecule has 0 fully saturated rings. The van der Waals surface area contributed by atoms with E-state index in [0.717, 1.165) is 21.9 Å². The van der Waals surface area contributed by atoms with Crippen LogP contribution in [0.1, 0.15) is 12.7 Å². The van der Waals surface area contributed by atoms with Crippen molar-refractivity contribution in [1.82, 2.24) is 0 Å². The number of hydrogen-bond acceptors (Lipinski definition) is 3. The molecule has 2 nitrogen and oxygen atoms in total. The average Bonchev–Trinajstić information content (AvgIpc) is 2.74. The van der Waals surface area contributed by atoms with Gasteiger partial charge >= 0.3 is 0 Å². The lowest BCUT2D eigenvalue weighted by atomic mass is 10.3. The van der Waals surface area contributed by atoms with E-state index in [0.29, 0.717) is 6.54 Å². The van der Waals surface area contributed by atoms with Crippen molar-refractivity contribution in [1.29, 1.82) is 0 Å². The van der Waals surface area contributed by atoms with Gasteiger partial charge in [-0.3, -0.25) is 0 Å². The van der Waals surface area contributed by atoms with Crippen LogP contribution in [0.5, 0.6) is 0 Å². The Labute approximate surface area is 114 Å². The molecule has 0 aliphatic carbocycles. The summed E-state index contributed by atoms with van der Waals surface area (Å²) in [5, 5.41) is 3.39. The van der Waals surface area contributed by atoms with Crippen LogP contribution in [0.4, 0.5) is 5.69 Å². The zero-order valence-electron chi connectivity index (χ0n) is 9.57. The van der Waals surface area contributed by atoms with Crippen LogP contribution in [0.2, 0.25) is 0 Å². The standard InChI is InChI=1S/C13H14BrNOS/c1-2-17-12-6-4-3-5-11(12)15-9-10-7-8-13(14)16-10/h3-8,15H,2,9H2,1H3. The summed E-state index contributed by atoms with van der Waals surface area (Å²) in [5.41, 5.74) is 1.16. The maximum atomic E-state index is 5.45. The first-order valence-electron chi connectivity index (χ1n) is 5.49. The highest BCUT2D eigenvalue weighted by Crippen LogP contribution is 2.27. The molecule has 1 N–H and O–H groups in total. The predicted octanol–water partition coefficient (Wildman–Crippen LogP) is 4.77. The van der Waals surface area contributed by atoms with Gasteiger partial charge in [0.05, 0.1) is 6.54 Å². The van der Waals surface area contributed by atoms with Crippen LogP contribution in [0.3, 0.4) is 0 Å². The Hall–Kier alpha value is -0.870. The Morgan fingerprint density at radius 1 is 1.24 bits per heavy atom. The Morgan fingerprint density at radius 3 is 2.76 bits per heavy atom. The van der Waals surface area contributed by atoms with Gasteiger partial charge in [0, 0.05) is 10.6 Å². The Bertz CT molecular complexity index is 484. The molecular weight excluding hydrogens is 298 g/mol. The van der Waals surface area contributed by atoms with Gasteiger partial charge in [0.25, 0.3) is 0 Å². The lowest BCUT2D eigenvalue weighted by Crippen LogP contribution is -1.99. The number of anilines is 1. The molecule has 0 saturated heterocycles. The number of para-hydroxylation sites is 1. The van der Waals surface area contributed by atoms with E-state index >= 15 is 0 Å². The van der Waals surface area contributed by atoms with Crippen LogP contribution in [-0.4, -0.2) is 5.75 Å². The summed E-state index contributed by atoms with van der Waals surface area (Å²) in [6.45, 7) is 2.86. The molecular formula is C13H14BrNOS. The predicted molar refractivity (Wildman–Crippen MR) is 76.6 cm³/mol.